The molecule has 5 nitrogen and oxygen atoms in total. The summed E-state index contributed by atoms with van der Waals surface area (Å²) in [4.78, 5) is 13.7. The number of hydrogen-bond acceptors (Lipinski definition) is 4. The van der Waals surface area contributed by atoms with Gasteiger partial charge in [-0.25, -0.2) is 4.79 Å². The molecule has 0 aliphatic rings. The molecule has 2 aromatic rings. The molecule has 0 amide bonds. The summed E-state index contributed by atoms with van der Waals surface area (Å²) in [6.07, 6.45) is 0. The SMILES string of the molecule is CCNCCN(C)Cc1ccc2c(c1)oc(=O)n2C. The average molecular weight is 263 g/mol. The van der Waals surface area contributed by atoms with Gasteiger partial charge in [-0.2, -0.15) is 0 Å². The molecule has 0 radical (unpaired) electrons. The molecule has 0 saturated carbocycles. The molecule has 0 saturated heterocycles. The molecule has 1 aromatic carbocycles. The van der Waals surface area contributed by atoms with Crippen LogP contribution < -0.4 is 11.1 Å². The van der Waals surface area contributed by atoms with Crippen LogP contribution in [0.1, 0.15) is 12.5 Å². The summed E-state index contributed by atoms with van der Waals surface area (Å²) in [5.74, 6) is -0.312. The highest BCUT2D eigenvalue weighted by atomic mass is 16.4. The number of nitrogens with one attached hydrogen (secondary N) is 1. The molecule has 0 aliphatic carbocycles. The Labute approximate surface area is 112 Å². The van der Waals surface area contributed by atoms with Gasteiger partial charge in [0.2, 0.25) is 0 Å². The van der Waals surface area contributed by atoms with E-state index in [2.05, 4.69) is 24.2 Å². The third-order valence-corrected chi connectivity index (χ3v) is 3.23. The molecule has 0 unspecified atom stereocenters. The highest BCUT2D eigenvalue weighted by molar-refractivity contribution is 5.73. The first kappa shape index (κ1) is 13.8. The fourth-order valence-electron chi connectivity index (χ4n) is 2.11. The van der Waals surface area contributed by atoms with Gasteiger partial charge < -0.3 is 14.6 Å². The number of likely N-dealkylation sites (N-methyl/N-ethyl adjacent to an activating group) is 2. The van der Waals surface area contributed by atoms with Gasteiger partial charge in [-0.3, -0.25) is 4.57 Å². The monoisotopic (exact) mass is 263 g/mol. The van der Waals surface area contributed by atoms with Crippen molar-refractivity contribution in [2.75, 3.05) is 26.7 Å². The lowest BCUT2D eigenvalue weighted by Gasteiger charge is -2.16. The van der Waals surface area contributed by atoms with Crippen LogP contribution in [0, 0.1) is 0 Å². The first-order valence-corrected chi connectivity index (χ1v) is 6.59. The van der Waals surface area contributed by atoms with Gasteiger partial charge in [0.05, 0.1) is 5.52 Å². The van der Waals surface area contributed by atoms with Gasteiger partial charge in [-0.15, -0.1) is 0 Å². The molecule has 1 heterocycles. The van der Waals surface area contributed by atoms with Crippen molar-refractivity contribution in [3.8, 4) is 0 Å². The second-order valence-corrected chi connectivity index (χ2v) is 4.82. The molecule has 19 heavy (non-hydrogen) atoms. The number of oxazole rings is 1. The lowest BCUT2D eigenvalue weighted by Crippen LogP contribution is -2.28. The van der Waals surface area contributed by atoms with E-state index in [1.54, 1.807) is 7.05 Å². The van der Waals surface area contributed by atoms with Crippen molar-refractivity contribution in [3.63, 3.8) is 0 Å². The fraction of sp³-hybridized carbons (Fsp3) is 0.500. The molecule has 0 fully saturated rings. The van der Waals surface area contributed by atoms with Gasteiger partial charge >= 0.3 is 5.76 Å². The van der Waals surface area contributed by atoms with E-state index in [1.807, 2.05) is 18.2 Å². The van der Waals surface area contributed by atoms with Gasteiger partial charge in [-0.1, -0.05) is 13.0 Å². The minimum atomic E-state index is -0.312. The number of fused-ring (bicyclic) bond motifs is 1. The highest BCUT2D eigenvalue weighted by Crippen LogP contribution is 2.15. The van der Waals surface area contributed by atoms with E-state index in [0.717, 1.165) is 37.3 Å². The summed E-state index contributed by atoms with van der Waals surface area (Å²) in [7, 11) is 3.80. The fourth-order valence-corrected chi connectivity index (χ4v) is 2.11. The number of nitrogens with zero attached hydrogens (tertiary/aromatic N) is 2. The number of benzene rings is 1. The van der Waals surface area contributed by atoms with E-state index in [4.69, 9.17) is 4.42 Å². The van der Waals surface area contributed by atoms with Gasteiger partial charge in [0.1, 0.15) is 0 Å². The van der Waals surface area contributed by atoms with Crippen molar-refractivity contribution in [3.05, 3.63) is 34.3 Å². The minimum absolute atomic E-state index is 0.312. The van der Waals surface area contributed by atoms with Gasteiger partial charge in [0.15, 0.2) is 5.58 Å². The maximum Gasteiger partial charge on any atom is 0.419 e. The Kier molecular flexibility index (Phi) is 4.39. The Morgan fingerprint density at radius 2 is 2.21 bits per heavy atom. The van der Waals surface area contributed by atoms with Crippen LogP contribution >= 0.6 is 0 Å². The summed E-state index contributed by atoms with van der Waals surface area (Å²) in [5.41, 5.74) is 2.65. The lowest BCUT2D eigenvalue weighted by atomic mass is 10.2. The van der Waals surface area contributed by atoms with Crippen LogP contribution in [0.5, 0.6) is 0 Å². The van der Waals surface area contributed by atoms with Crippen molar-refractivity contribution >= 4 is 11.1 Å². The molecule has 0 spiro atoms. The zero-order chi connectivity index (χ0) is 13.8. The molecule has 0 bridgehead atoms. The third-order valence-electron chi connectivity index (χ3n) is 3.23. The summed E-state index contributed by atoms with van der Waals surface area (Å²) < 4.78 is 6.72. The van der Waals surface area contributed by atoms with Gasteiger partial charge in [-0.05, 0) is 31.3 Å². The first-order valence-electron chi connectivity index (χ1n) is 6.59. The average Bonchev–Trinajstić information content (AvgIpc) is 2.65. The smallest absolute Gasteiger partial charge is 0.408 e. The standard InChI is InChI=1S/C14H21N3O2/c1-4-15-7-8-16(2)10-11-5-6-12-13(9-11)19-14(18)17(12)3/h5-6,9,15H,4,7-8,10H2,1-3H3. The highest BCUT2D eigenvalue weighted by Gasteiger charge is 2.07. The van der Waals surface area contributed by atoms with E-state index in [0.29, 0.717) is 5.58 Å². The topological polar surface area (TPSA) is 50.4 Å². The molecule has 0 aliphatic heterocycles. The number of rotatable bonds is 6. The summed E-state index contributed by atoms with van der Waals surface area (Å²) in [5, 5.41) is 3.30. The lowest BCUT2D eigenvalue weighted by molar-refractivity contribution is 0.325. The van der Waals surface area contributed by atoms with Crippen molar-refractivity contribution in [2.24, 2.45) is 7.05 Å². The van der Waals surface area contributed by atoms with E-state index >= 15 is 0 Å². The molecule has 0 atom stereocenters. The van der Waals surface area contributed by atoms with E-state index < -0.39 is 0 Å². The number of aryl methyl sites for hydroxylation is 1. The largest absolute Gasteiger partial charge is 0.419 e. The first-order chi connectivity index (χ1) is 9.11. The van der Waals surface area contributed by atoms with E-state index in [9.17, 15) is 4.79 Å². The van der Waals surface area contributed by atoms with Gasteiger partial charge in [0.25, 0.3) is 0 Å². The summed E-state index contributed by atoms with van der Waals surface area (Å²) >= 11 is 0. The van der Waals surface area contributed by atoms with Crippen LogP contribution in [0.2, 0.25) is 0 Å². The molecule has 104 valence electrons. The van der Waals surface area contributed by atoms with Crippen LogP contribution in [-0.4, -0.2) is 36.1 Å². The van der Waals surface area contributed by atoms with Crippen LogP contribution in [0.15, 0.2) is 27.4 Å². The Morgan fingerprint density at radius 3 is 2.95 bits per heavy atom. The number of hydrogen-bond donors (Lipinski definition) is 1. The summed E-state index contributed by atoms with van der Waals surface area (Å²) in [6, 6.07) is 5.93. The van der Waals surface area contributed by atoms with Crippen molar-refractivity contribution in [2.45, 2.75) is 13.5 Å². The maximum atomic E-state index is 11.4. The van der Waals surface area contributed by atoms with Crippen molar-refractivity contribution in [1.82, 2.24) is 14.8 Å². The zero-order valence-corrected chi connectivity index (χ0v) is 11.8. The molecule has 2 rings (SSSR count). The quantitative estimate of drug-likeness (QED) is 0.795. The summed E-state index contributed by atoms with van der Waals surface area (Å²) in [6.45, 7) is 5.92. The van der Waals surface area contributed by atoms with Crippen LogP contribution in [0.25, 0.3) is 11.1 Å². The minimum Gasteiger partial charge on any atom is -0.408 e. The predicted molar refractivity (Wildman–Crippen MR) is 76.3 cm³/mol. The molecular formula is C14H21N3O2. The molecule has 1 aromatic heterocycles. The predicted octanol–water partition coefficient (Wildman–Crippen LogP) is 1.17. The molecule has 5 heteroatoms. The van der Waals surface area contributed by atoms with E-state index in [1.165, 1.54) is 4.57 Å². The third kappa shape index (κ3) is 3.24. The normalized spacial score (nSPS) is 11.6. The van der Waals surface area contributed by atoms with Crippen LogP contribution in [0.4, 0.5) is 0 Å². The Balaban J connectivity index is 2.07. The Morgan fingerprint density at radius 1 is 1.42 bits per heavy atom. The number of aromatic nitrogens is 1. The Bertz CT molecular complexity index is 600. The van der Waals surface area contributed by atoms with Crippen LogP contribution in [0.3, 0.4) is 0 Å². The Hall–Kier alpha value is -1.59. The second kappa shape index (κ2) is 6.04. The second-order valence-electron chi connectivity index (χ2n) is 4.82. The van der Waals surface area contributed by atoms with E-state index in [-0.39, 0.29) is 5.76 Å². The molecular weight excluding hydrogens is 242 g/mol. The van der Waals surface area contributed by atoms with Crippen molar-refractivity contribution < 1.29 is 4.42 Å². The van der Waals surface area contributed by atoms with Gasteiger partial charge in [0, 0.05) is 26.7 Å². The van der Waals surface area contributed by atoms with Crippen molar-refractivity contribution in [1.29, 1.82) is 0 Å². The maximum absolute atomic E-state index is 11.4. The molecule has 1 N–H and O–H groups in total. The zero-order valence-electron chi connectivity index (χ0n) is 11.8. The van der Waals surface area contributed by atoms with Crippen LogP contribution in [-0.2, 0) is 13.6 Å².